The molecular formula is C14H29N3. The predicted octanol–water partition coefficient (Wildman–Crippen LogP) is 1.85. The SMILES string of the molecule is CN(C1CCCCC1)C1(C)CCC(N)CC1N. The first-order chi connectivity index (χ1) is 8.04. The Balaban J connectivity index is 2.03. The van der Waals surface area contributed by atoms with Gasteiger partial charge in [-0.15, -0.1) is 0 Å². The third-order valence-electron chi connectivity index (χ3n) is 5.30. The fraction of sp³-hybridized carbons (Fsp3) is 1.00. The topological polar surface area (TPSA) is 55.3 Å². The Morgan fingerprint density at radius 2 is 1.71 bits per heavy atom. The molecule has 0 aromatic carbocycles. The number of nitrogens with zero attached hydrogens (tertiary/aromatic N) is 1. The van der Waals surface area contributed by atoms with E-state index < -0.39 is 0 Å². The Labute approximate surface area is 106 Å². The third kappa shape index (κ3) is 2.67. The summed E-state index contributed by atoms with van der Waals surface area (Å²) < 4.78 is 0. The van der Waals surface area contributed by atoms with Crippen LogP contribution in [0.4, 0.5) is 0 Å². The van der Waals surface area contributed by atoms with Crippen molar-refractivity contribution >= 4 is 0 Å². The number of hydrogen-bond acceptors (Lipinski definition) is 3. The van der Waals surface area contributed by atoms with E-state index in [1.807, 2.05) is 0 Å². The molecule has 3 nitrogen and oxygen atoms in total. The molecule has 100 valence electrons. The first-order valence-corrected chi connectivity index (χ1v) is 7.28. The number of hydrogen-bond donors (Lipinski definition) is 2. The van der Waals surface area contributed by atoms with Crippen molar-refractivity contribution in [2.75, 3.05) is 7.05 Å². The lowest BCUT2D eigenvalue weighted by Gasteiger charge is -2.51. The second kappa shape index (κ2) is 5.25. The summed E-state index contributed by atoms with van der Waals surface area (Å²) in [5.74, 6) is 0. The Morgan fingerprint density at radius 3 is 2.29 bits per heavy atom. The third-order valence-corrected chi connectivity index (χ3v) is 5.30. The minimum atomic E-state index is 0.165. The maximum atomic E-state index is 6.39. The van der Waals surface area contributed by atoms with E-state index in [4.69, 9.17) is 11.5 Å². The molecule has 0 heterocycles. The molecule has 0 spiro atoms. The summed E-state index contributed by atoms with van der Waals surface area (Å²) in [6.07, 6.45) is 10.2. The average molecular weight is 239 g/mol. The van der Waals surface area contributed by atoms with E-state index in [0.717, 1.165) is 25.3 Å². The van der Waals surface area contributed by atoms with Crippen LogP contribution in [0.25, 0.3) is 0 Å². The summed E-state index contributed by atoms with van der Waals surface area (Å²) in [4.78, 5) is 2.59. The number of nitrogens with two attached hydrogens (primary N) is 2. The molecule has 0 aromatic heterocycles. The van der Waals surface area contributed by atoms with Crippen molar-refractivity contribution in [2.24, 2.45) is 11.5 Å². The van der Waals surface area contributed by atoms with Gasteiger partial charge >= 0.3 is 0 Å². The number of likely N-dealkylation sites (N-methyl/N-ethyl adjacent to an activating group) is 1. The normalized spacial score (nSPS) is 40.8. The molecule has 2 aliphatic rings. The summed E-state index contributed by atoms with van der Waals surface area (Å²) in [6.45, 7) is 2.35. The molecule has 2 aliphatic carbocycles. The molecule has 4 N–H and O–H groups in total. The number of rotatable bonds is 2. The van der Waals surface area contributed by atoms with E-state index in [1.54, 1.807) is 0 Å². The van der Waals surface area contributed by atoms with Crippen molar-refractivity contribution in [3.63, 3.8) is 0 Å². The van der Waals surface area contributed by atoms with Crippen molar-refractivity contribution < 1.29 is 0 Å². The van der Waals surface area contributed by atoms with Crippen LogP contribution in [0, 0.1) is 0 Å². The Hall–Kier alpha value is -0.120. The molecular weight excluding hydrogens is 210 g/mol. The van der Waals surface area contributed by atoms with Crippen LogP contribution in [-0.4, -0.2) is 35.6 Å². The van der Waals surface area contributed by atoms with E-state index in [2.05, 4.69) is 18.9 Å². The van der Waals surface area contributed by atoms with Crippen LogP contribution in [0.15, 0.2) is 0 Å². The molecule has 3 atom stereocenters. The van der Waals surface area contributed by atoms with E-state index in [0.29, 0.717) is 6.04 Å². The molecule has 17 heavy (non-hydrogen) atoms. The second-order valence-corrected chi connectivity index (χ2v) is 6.40. The van der Waals surface area contributed by atoms with Crippen LogP contribution in [0.1, 0.15) is 58.3 Å². The van der Waals surface area contributed by atoms with Gasteiger partial charge in [0.25, 0.3) is 0 Å². The molecule has 0 saturated heterocycles. The van der Waals surface area contributed by atoms with Crippen LogP contribution in [-0.2, 0) is 0 Å². The largest absolute Gasteiger partial charge is 0.328 e. The lowest BCUT2D eigenvalue weighted by atomic mass is 9.75. The average Bonchev–Trinajstić information content (AvgIpc) is 2.34. The minimum absolute atomic E-state index is 0.165. The summed E-state index contributed by atoms with van der Waals surface area (Å²) in [6, 6.07) is 1.30. The first kappa shape index (κ1) is 13.3. The molecule has 0 aliphatic heterocycles. The molecule has 0 amide bonds. The summed E-state index contributed by atoms with van der Waals surface area (Å²) in [5.41, 5.74) is 12.6. The summed E-state index contributed by atoms with van der Waals surface area (Å²) in [7, 11) is 2.28. The van der Waals surface area contributed by atoms with Gasteiger partial charge in [-0.3, -0.25) is 4.90 Å². The molecule has 2 fully saturated rings. The highest BCUT2D eigenvalue weighted by molar-refractivity contribution is 5.02. The van der Waals surface area contributed by atoms with Gasteiger partial charge < -0.3 is 11.5 Å². The second-order valence-electron chi connectivity index (χ2n) is 6.40. The van der Waals surface area contributed by atoms with E-state index >= 15 is 0 Å². The molecule has 0 radical (unpaired) electrons. The van der Waals surface area contributed by atoms with Crippen LogP contribution >= 0.6 is 0 Å². The summed E-state index contributed by atoms with van der Waals surface area (Å²) >= 11 is 0. The summed E-state index contributed by atoms with van der Waals surface area (Å²) in [5, 5.41) is 0. The van der Waals surface area contributed by atoms with Crippen molar-refractivity contribution in [3.05, 3.63) is 0 Å². The molecule has 2 saturated carbocycles. The fourth-order valence-electron chi connectivity index (χ4n) is 3.68. The van der Waals surface area contributed by atoms with Gasteiger partial charge in [-0.05, 0) is 46.1 Å². The zero-order valence-electron chi connectivity index (χ0n) is 11.5. The van der Waals surface area contributed by atoms with E-state index in [9.17, 15) is 0 Å². The van der Waals surface area contributed by atoms with Crippen molar-refractivity contribution in [1.82, 2.24) is 4.90 Å². The van der Waals surface area contributed by atoms with Gasteiger partial charge in [-0.25, -0.2) is 0 Å². The molecule has 0 bridgehead atoms. The van der Waals surface area contributed by atoms with Crippen molar-refractivity contribution in [2.45, 2.75) is 82.0 Å². The monoisotopic (exact) mass is 239 g/mol. The van der Waals surface area contributed by atoms with E-state index in [1.165, 1.54) is 32.1 Å². The molecule has 0 aromatic rings. The Kier molecular flexibility index (Phi) is 4.11. The van der Waals surface area contributed by atoms with Crippen LogP contribution < -0.4 is 11.5 Å². The van der Waals surface area contributed by atoms with Gasteiger partial charge in [0.15, 0.2) is 0 Å². The van der Waals surface area contributed by atoms with E-state index in [-0.39, 0.29) is 11.6 Å². The highest BCUT2D eigenvalue weighted by Gasteiger charge is 2.42. The maximum absolute atomic E-state index is 6.39. The van der Waals surface area contributed by atoms with Crippen molar-refractivity contribution in [3.8, 4) is 0 Å². The predicted molar refractivity (Wildman–Crippen MR) is 72.8 cm³/mol. The van der Waals surface area contributed by atoms with Gasteiger partial charge in [-0.2, -0.15) is 0 Å². The smallest absolute Gasteiger partial charge is 0.0333 e. The molecule has 2 rings (SSSR count). The van der Waals surface area contributed by atoms with Gasteiger partial charge in [0.2, 0.25) is 0 Å². The lowest BCUT2D eigenvalue weighted by Crippen LogP contribution is -2.63. The zero-order chi connectivity index (χ0) is 12.5. The Morgan fingerprint density at radius 1 is 1.06 bits per heavy atom. The lowest BCUT2D eigenvalue weighted by molar-refractivity contribution is 0.0174. The first-order valence-electron chi connectivity index (χ1n) is 7.28. The van der Waals surface area contributed by atoms with Gasteiger partial charge in [-0.1, -0.05) is 19.3 Å². The van der Waals surface area contributed by atoms with Gasteiger partial charge in [0.1, 0.15) is 0 Å². The molecule has 3 unspecified atom stereocenters. The minimum Gasteiger partial charge on any atom is -0.328 e. The molecule has 3 heteroatoms. The zero-order valence-corrected chi connectivity index (χ0v) is 11.5. The van der Waals surface area contributed by atoms with Crippen molar-refractivity contribution in [1.29, 1.82) is 0 Å². The van der Waals surface area contributed by atoms with Crippen LogP contribution in [0.5, 0.6) is 0 Å². The Bertz CT molecular complexity index is 250. The standard InChI is InChI=1S/C14H29N3/c1-14(9-8-11(15)10-13(14)16)17(2)12-6-4-3-5-7-12/h11-13H,3-10,15-16H2,1-2H3. The van der Waals surface area contributed by atoms with Gasteiger partial charge in [0.05, 0.1) is 0 Å². The van der Waals surface area contributed by atoms with Gasteiger partial charge in [0, 0.05) is 23.7 Å². The highest BCUT2D eigenvalue weighted by Crippen LogP contribution is 2.35. The van der Waals surface area contributed by atoms with Crippen LogP contribution in [0.3, 0.4) is 0 Å². The fourth-order valence-corrected chi connectivity index (χ4v) is 3.68. The van der Waals surface area contributed by atoms with Crippen LogP contribution in [0.2, 0.25) is 0 Å². The quantitative estimate of drug-likeness (QED) is 0.773. The highest BCUT2D eigenvalue weighted by atomic mass is 15.2. The maximum Gasteiger partial charge on any atom is 0.0333 e.